The van der Waals surface area contributed by atoms with Crippen LogP contribution in [-0.2, 0) is 13.6 Å². The van der Waals surface area contributed by atoms with Gasteiger partial charge in [-0.3, -0.25) is 0 Å². The lowest BCUT2D eigenvalue weighted by Crippen LogP contribution is -2.29. The zero-order valence-corrected chi connectivity index (χ0v) is 14.4. The third-order valence-electron chi connectivity index (χ3n) is 1.59. The highest BCUT2D eigenvalue weighted by atomic mass is 16.5. The van der Waals surface area contributed by atoms with E-state index in [4.69, 9.17) is 60.3 Å². The van der Waals surface area contributed by atoms with Crippen LogP contribution in [0.1, 0.15) is 19.8 Å². The van der Waals surface area contributed by atoms with Crippen LogP contribution in [0, 0.1) is 0 Å². The smallest absolute Gasteiger partial charge is 0.631 e. The molecular weight excluding hydrogens is 359 g/mol. The SMILES string of the molecule is CCCCn1cc[n+](C)c1.OB(O)O.OB(O)O.OB(O)O.[O-]B(O)O. The number of rotatable bonds is 3. The van der Waals surface area contributed by atoms with E-state index in [2.05, 4.69) is 34.8 Å². The van der Waals surface area contributed by atoms with E-state index in [1.807, 2.05) is 7.05 Å². The zero-order valence-electron chi connectivity index (χ0n) is 14.4. The molecule has 14 nitrogen and oxygen atoms in total. The van der Waals surface area contributed by atoms with Crippen LogP contribution in [0.25, 0.3) is 0 Å². The van der Waals surface area contributed by atoms with Gasteiger partial charge < -0.3 is 60.3 Å². The number of hydrogen-bond acceptors (Lipinski definition) is 12. The van der Waals surface area contributed by atoms with Gasteiger partial charge in [0, 0.05) is 0 Å². The summed E-state index contributed by atoms with van der Waals surface area (Å²) < 4.78 is 4.28. The number of imidazole rings is 1. The van der Waals surface area contributed by atoms with Crippen LogP contribution >= 0.6 is 0 Å². The first-order chi connectivity index (χ1) is 11.8. The summed E-state index contributed by atoms with van der Waals surface area (Å²) in [6.07, 6.45) is 8.82. The average molecular weight is 386 g/mol. The third kappa shape index (κ3) is 77.3. The molecule has 1 heterocycles. The van der Waals surface area contributed by atoms with Crippen molar-refractivity contribution in [3.05, 3.63) is 18.7 Å². The Morgan fingerprint density at radius 2 is 1.15 bits per heavy atom. The summed E-state index contributed by atoms with van der Waals surface area (Å²) in [6, 6.07) is 0. The Hall–Kier alpha value is -1.01. The maximum atomic E-state index is 8.64. The molecule has 0 aliphatic heterocycles. The van der Waals surface area contributed by atoms with Crippen LogP contribution in [-0.4, -0.2) is 89.1 Å². The predicted molar refractivity (Wildman–Crippen MR) is 87.9 cm³/mol. The highest BCUT2D eigenvalue weighted by Crippen LogP contribution is 1.91. The minimum Gasteiger partial charge on any atom is -0.832 e. The fourth-order valence-corrected chi connectivity index (χ4v) is 0.975. The molecule has 18 heteroatoms. The number of aryl methyl sites for hydroxylation is 2. The highest BCUT2D eigenvalue weighted by Gasteiger charge is 1.96. The Labute approximate surface area is 151 Å². The molecule has 1 aromatic heterocycles. The van der Waals surface area contributed by atoms with E-state index in [0.717, 1.165) is 6.54 Å². The fraction of sp³-hybridized carbons (Fsp3) is 0.625. The van der Waals surface area contributed by atoms with Crippen LogP contribution < -0.4 is 9.59 Å². The van der Waals surface area contributed by atoms with Crippen molar-refractivity contribution in [3.8, 4) is 0 Å². The summed E-state index contributed by atoms with van der Waals surface area (Å²) in [5.41, 5.74) is 0. The lowest BCUT2D eigenvalue weighted by Gasteiger charge is -1.92. The van der Waals surface area contributed by atoms with E-state index in [1.54, 1.807) is 0 Å². The Kier molecular flexibility index (Phi) is 30.1. The van der Waals surface area contributed by atoms with Gasteiger partial charge >= 0.3 is 29.3 Å². The summed E-state index contributed by atoms with van der Waals surface area (Å²) in [6.45, 7) is 3.36. The Balaban J connectivity index is -0.000000129. The van der Waals surface area contributed by atoms with Crippen molar-refractivity contribution in [2.45, 2.75) is 26.3 Å². The van der Waals surface area contributed by atoms with Crippen LogP contribution in [0.2, 0.25) is 0 Å². The first kappa shape index (κ1) is 32.6. The Bertz CT molecular complexity index is 336. The molecule has 152 valence electrons. The summed E-state index contributed by atoms with van der Waals surface area (Å²) in [4.78, 5) is 0. The minimum absolute atomic E-state index is 1.15. The van der Waals surface area contributed by atoms with E-state index in [9.17, 15) is 0 Å². The molecule has 0 atom stereocenters. The van der Waals surface area contributed by atoms with Gasteiger partial charge in [0.15, 0.2) is 0 Å². The van der Waals surface area contributed by atoms with Crippen molar-refractivity contribution in [1.82, 2.24) is 4.57 Å². The summed E-state index contributed by atoms with van der Waals surface area (Å²) in [7, 11) is -6.87. The molecule has 0 saturated heterocycles. The molecule has 26 heavy (non-hydrogen) atoms. The summed E-state index contributed by atoms with van der Waals surface area (Å²) >= 11 is 0. The van der Waals surface area contributed by atoms with E-state index in [1.165, 1.54) is 12.8 Å². The van der Waals surface area contributed by atoms with Crippen molar-refractivity contribution < 1.29 is 64.9 Å². The van der Waals surface area contributed by atoms with E-state index in [-0.39, 0.29) is 0 Å². The lowest BCUT2D eigenvalue weighted by atomic mass is 10.3. The van der Waals surface area contributed by atoms with Crippen molar-refractivity contribution in [1.29, 1.82) is 0 Å². The van der Waals surface area contributed by atoms with Crippen LogP contribution in [0.5, 0.6) is 0 Å². The van der Waals surface area contributed by atoms with Gasteiger partial charge in [-0.05, 0) is 6.42 Å². The Morgan fingerprint density at radius 1 is 0.846 bits per heavy atom. The predicted octanol–water partition coefficient (Wildman–Crippen LogP) is -7.73. The van der Waals surface area contributed by atoms with Gasteiger partial charge in [-0.15, -0.1) is 0 Å². The molecule has 1 aromatic rings. The second-order valence-corrected chi connectivity index (χ2v) is 4.04. The van der Waals surface area contributed by atoms with Gasteiger partial charge in [-0.2, -0.15) is 0 Å². The fourth-order valence-electron chi connectivity index (χ4n) is 0.975. The number of hydrogen-bond donors (Lipinski definition) is 11. The largest absolute Gasteiger partial charge is 0.832 e. The molecule has 0 bridgehead atoms. The molecule has 0 aliphatic carbocycles. The Morgan fingerprint density at radius 3 is 1.35 bits per heavy atom. The van der Waals surface area contributed by atoms with Gasteiger partial charge in [0.25, 0.3) is 0 Å². The second-order valence-electron chi connectivity index (χ2n) is 4.04. The molecule has 0 saturated carbocycles. The van der Waals surface area contributed by atoms with Gasteiger partial charge in [0.1, 0.15) is 12.4 Å². The van der Waals surface area contributed by atoms with Gasteiger partial charge in [-0.1, -0.05) is 13.3 Å². The topological polar surface area (TPSA) is 254 Å². The number of nitrogens with zero attached hydrogens (tertiary/aromatic N) is 2. The standard InChI is InChI=1S/C8H15N2.3BH3O3.BH2O3/c1-3-4-5-10-7-6-9(2)8-10;4*2-1(3)4/h6-8H,3-5H2,1-2H3;3*2-4H;2-3H/q+1;;;;-1. The maximum Gasteiger partial charge on any atom is 0.631 e. The van der Waals surface area contributed by atoms with Gasteiger partial charge in [0.05, 0.1) is 13.6 Å². The molecule has 11 N–H and O–H groups in total. The molecule has 1 rings (SSSR count). The number of unbranched alkanes of at least 4 members (excludes halogenated alkanes) is 1. The quantitative estimate of drug-likeness (QED) is 0.171. The monoisotopic (exact) mass is 386 g/mol. The minimum atomic E-state index is -2.42. The maximum absolute atomic E-state index is 8.64. The summed E-state index contributed by atoms with van der Waals surface area (Å²) in [5, 5.41) is 87.2. The molecule has 0 unspecified atom stereocenters. The van der Waals surface area contributed by atoms with Crippen molar-refractivity contribution in [2.75, 3.05) is 0 Å². The van der Waals surface area contributed by atoms with Crippen molar-refractivity contribution in [2.24, 2.45) is 7.05 Å². The molecule has 0 radical (unpaired) electrons. The molecule has 0 spiro atoms. The van der Waals surface area contributed by atoms with Crippen molar-refractivity contribution >= 4 is 29.3 Å². The molecular formula is C8H26B4N2O12. The van der Waals surface area contributed by atoms with E-state index >= 15 is 0 Å². The van der Waals surface area contributed by atoms with E-state index in [0.29, 0.717) is 0 Å². The zero-order chi connectivity index (χ0) is 21.7. The van der Waals surface area contributed by atoms with E-state index < -0.39 is 29.3 Å². The van der Waals surface area contributed by atoms with Crippen LogP contribution in [0.3, 0.4) is 0 Å². The lowest BCUT2D eigenvalue weighted by molar-refractivity contribution is -0.671. The molecule has 0 amide bonds. The second kappa shape index (κ2) is 24.0. The van der Waals surface area contributed by atoms with Crippen LogP contribution in [0.15, 0.2) is 18.7 Å². The highest BCUT2D eigenvalue weighted by molar-refractivity contribution is 6.31. The molecule has 0 aliphatic rings. The van der Waals surface area contributed by atoms with Gasteiger partial charge in [0.2, 0.25) is 6.33 Å². The van der Waals surface area contributed by atoms with Gasteiger partial charge in [-0.25, -0.2) is 9.13 Å². The number of aromatic nitrogens is 2. The normalized spacial score (nSPS) is 8.08. The average Bonchev–Trinajstić information content (AvgIpc) is 2.79. The third-order valence-corrected chi connectivity index (χ3v) is 1.59. The molecule has 0 aromatic carbocycles. The molecule has 0 fully saturated rings. The van der Waals surface area contributed by atoms with Crippen molar-refractivity contribution in [3.63, 3.8) is 0 Å². The summed E-state index contributed by atoms with van der Waals surface area (Å²) in [5.74, 6) is 0. The first-order valence-corrected chi connectivity index (χ1v) is 6.91. The first-order valence-electron chi connectivity index (χ1n) is 6.91. The van der Waals surface area contributed by atoms with Crippen LogP contribution in [0.4, 0.5) is 0 Å².